The van der Waals surface area contributed by atoms with Gasteiger partial charge in [-0.1, -0.05) is 228 Å². The maximum absolute atomic E-state index is 12.9. The van der Waals surface area contributed by atoms with Crippen LogP contribution in [0.3, 0.4) is 0 Å². The molecule has 6 nitrogen and oxygen atoms in total. The topological polar surface area (TPSA) is 78.9 Å². The van der Waals surface area contributed by atoms with E-state index in [0.29, 0.717) is 19.3 Å². The maximum Gasteiger partial charge on any atom is 0.306 e. The third-order valence-electron chi connectivity index (χ3n) is 12.4. The van der Waals surface area contributed by atoms with E-state index in [1.165, 1.54) is 109 Å². The first kappa shape index (κ1) is 65.6. The minimum Gasteiger partial charge on any atom is -0.462 e. The highest BCUT2D eigenvalue weighted by atomic mass is 16.6. The van der Waals surface area contributed by atoms with Crippen molar-refractivity contribution in [1.29, 1.82) is 0 Å². The van der Waals surface area contributed by atoms with Gasteiger partial charge in [-0.05, 0) is 116 Å². The van der Waals surface area contributed by atoms with Crippen molar-refractivity contribution in [2.24, 2.45) is 0 Å². The molecule has 0 spiro atoms. The highest BCUT2D eigenvalue weighted by molar-refractivity contribution is 5.71. The summed E-state index contributed by atoms with van der Waals surface area (Å²) in [4.78, 5) is 38.2. The number of ether oxygens (including phenoxy) is 3. The van der Waals surface area contributed by atoms with E-state index in [9.17, 15) is 14.4 Å². The van der Waals surface area contributed by atoms with Crippen LogP contribution < -0.4 is 0 Å². The Morgan fingerprint density at radius 3 is 0.913 bits per heavy atom. The molecular weight excluding hydrogens is 853 g/mol. The molecule has 69 heavy (non-hydrogen) atoms. The van der Waals surface area contributed by atoms with Crippen molar-refractivity contribution < 1.29 is 28.6 Å². The smallest absolute Gasteiger partial charge is 0.306 e. The Labute approximate surface area is 426 Å². The van der Waals surface area contributed by atoms with Gasteiger partial charge in [0, 0.05) is 19.3 Å². The van der Waals surface area contributed by atoms with Crippen molar-refractivity contribution in [3.63, 3.8) is 0 Å². The van der Waals surface area contributed by atoms with Crippen LogP contribution in [-0.4, -0.2) is 37.2 Å². The first-order valence-corrected chi connectivity index (χ1v) is 29.1. The van der Waals surface area contributed by atoms with Crippen LogP contribution in [0.5, 0.6) is 0 Å². The molecule has 0 amide bonds. The van der Waals surface area contributed by atoms with E-state index in [1.54, 1.807) is 0 Å². The van der Waals surface area contributed by atoms with E-state index in [2.05, 4.69) is 106 Å². The Balaban J connectivity index is 4.44. The molecule has 6 heteroatoms. The summed E-state index contributed by atoms with van der Waals surface area (Å²) in [5, 5.41) is 0. The summed E-state index contributed by atoms with van der Waals surface area (Å²) in [6.07, 6.45) is 74.2. The Hall–Kier alpha value is -3.41. The molecular formula is C63H108O6. The van der Waals surface area contributed by atoms with Crippen LogP contribution in [-0.2, 0) is 28.6 Å². The summed E-state index contributed by atoms with van der Waals surface area (Å²) in [7, 11) is 0. The molecule has 0 radical (unpaired) electrons. The van der Waals surface area contributed by atoms with Crippen molar-refractivity contribution in [3.05, 3.63) is 85.1 Å². The quantitative estimate of drug-likeness (QED) is 0.0262. The minimum atomic E-state index is -0.794. The molecule has 0 N–H and O–H groups in total. The summed E-state index contributed by atoms with van der Waals surface area (Å²) in [6, 6.07) is 0. The second-order valence-corrected chi connectivity index (χ2v) is 19.2. The van der Waals surface area contributed by atoms with Crippen LogP contribution in [0.15, 0.2) is 85.1 Å². The van der Waals surface area contributed by atoms with Crippen molar-refractivity contribution in [2.75, 3.05) is 13.2 Å². The molecule has 0 aliphatic heterocycles. The van der Waals surface area contributed by atoms with Gasteiger partial charge in [-0.2, -0.15) is 0 Å². The summed E-state index contributed by atoms with van der Waals surface area (Å²) in [5.41, 5.74) is 0. The number of unbranched alkanes of at least 4 members (excludes halogenated alkanes) is 27. The number of carbonyl (C=O) groups is 3. The van der Waals surface area contributed by atoms with Crippen molar-refractivity contribution in [2.45, 2.75) is 284 Å². The van der Waals surface area contributed by atoms with E-state index in [1.807, 2.05) is 0 Å². The zero-order valence-electron chi connectivity index (χ0n) is 45.3. The van der Waals surface area contributed by atoms with E-state index < -0.39 is 6.10 Å². The molecule has 396 valence electrons. The average Bonchev–Trinajstić information content (AvgIpc) is 3.35. The lowest BCUT2D eigenvalue weighted by Gasteiger charge is -2.18. The maximum atomic E-state index is 12.9. The fourth-order valence-electron chi connectivity index (χ4n) is 7.99. The minimum absolute atomic E-state index is 0.0910. The van der Waals surface area contributed by atoms with Crippen LogP contribution in [0.1, 0.15) is 278 Å². The van der Waals surface area contributed by atoms with E-state index in [4.69, 9.17) is 14.2 Å². The number of carbonyl (C=O) groups excluding carboxylic acids is 3. The van der Waals surface area contributed by atoms with Crippen molar-refractivity contribution in [3.8, 4) is 0 Å². The SMILES string of the molecule is CC/C=C\C/C=C\C/C=C\C/C=C\CCCCCCCCC(=O)OCC(COC(=O)CCCCCCC/C=C\CCCCCCCCC)OC(=O)CCCCCCC/C=C\C/C=C\CCCCCC. The fraction of sp³-hybridized carbons (Fsp3) is 0.730. The highest BCUT2D eigenvalue weighted by Gasteiger charge is 2.19. The van der Waals surface area contributed by atoms with Crippen LogP contribution in [0, 0.1) is 0 Å². The molecule has 1 atom stereocenters. The number of rotatable bonds is 52. The lowest BCUT2D eigenvalue weighted by molar-refractivity contribution is -0.167. The van der Waals surface area contributed by atoms with Crippen LogP contribution in [0.25, 0.3) is 0 Å². The lowest BCUT2D eigenvalue weighted by atomic mass is 10.1. The molecule has 0 bridgehead atoms. The van der Waals surface area contributed by atoms with Crippen LogP contribution >= 0.6 is 0 Å². The summed E-state index contributed by atoms with van der Waals surface area (Å²) in [6.45, 7) is 6.49. The second-order valence-electron chi connectivity index (χ2n) is 19.2. The molecule has 0 aliphatic rings. The van der Waals surface area contributed by atoms with Gasteiger partial charge in [0.05, 0.1) is 0 Å². The largest absolute Gasteiger partial charge is 0.462 e. The molecule has 0 rings (SSSR count). The monoisotopic (exact) mass is 961 g/mol. The molecule has 0 saturated heterocycles. The average molecular weight is 962 g/mol. The van der Waals surface area contributed by atoms with Gasteiger partial charge in [0.15, 0.2) is 6.10 Å². The molecule has 0 aliphatic carbocycles. The first-order chi connectivity index (χ1) is 34.0. The Kier molecular flexibility index (Phi) is 54.3. The zero-order valence-corrected chi connectivity index (χ0v) is 45.3. The summed E-state index contributed by atoms with van der Waals surface area (Å²) in [5.74, 6) is -0.921. The van der Waals surface area contributed by atoms with Crippen LogP contribution in [0.4, 0.5) is 0 Å². The molecule has 0 saturated carbocycles. The highest BCUT2D eigenvalue weighted by Crippen LogP contribution is 2.14. The van der Waals surface area contributed by atoms with Gasteiger partial charge in [0.2, 0.25) is 0 Å². The summed E-state index contributed by atoms with van der Waals surface area (Å²) >= 11 is 0. The number of esters is 3. The predicted molar refractivity (Wildman–Crippen MR) is 297 cm³/mol. The van der Waals surface area contributed by atoms with Crippen LogP contribution in [0.2, 0.25) is 0 Å². The van der Waals surface area contributed by atoms with Gasteiger partial charge in [-0.15, -0.1) is 0 Å². The Morgan fingerprint density at radius 2 is 0.565 bits per heavy atom. The van der Waals surface area contributed by atoms with Gasteiger partial charge in [0.1, 0.15) is 13.2 Å². The predicted octanol–water partition coefficient (Wildman–Crippen LogP) is 19.5. The third kappa shape index (κ3) is 55.4. The standard InChI is InChI=1S/C63H108O6/c1-4-7-10-13-16-19-22-25-28-31-32-33-36-38-41-44-47-50-53-56-62(65)68-59-60(69-63(66)57-54-51-48-45-42-39-35-30-27-24-21-18-15-12-9-6-3)58-67-61(64)55-52-49-46-43-40-37-34-29-26-23-20-17-14-11-8-5-2/h7,10,16,19,21,24-25,28-30,32-35,60H,4-6,8-9,11-15,17-18,20,22-23,26-27,31,36-59H2,1-3H3/b10-7-,19-16-,24-21-,28-25-,33-32-,34-29-,35-30-. The van der Waals surface area contributed by atoms with Crippen molar-refractivity contribution >= 4 is 17.9 Å². The molecule has 1 unspecified atom stereocenters. The fourth-order valence-corrected chi connectivity index (χ4v) is 7.99. The number of hydrogen-bond acceptors (Lipinski definition) is 6. The van der Waals surface area contributed by atoms with Gasteiger partial charge in [0.25, 0.3) is 0 Å². The first-order valence-electron chi connectivity index (χ1n) is 29.1. The van der Waals surface area contributed by atoms with E-state index >= 15 is 0 Å². The van der Waals surface area contributed by atoms with E-state index in [-0.39, 0.29) is 31.1 Å². The number of hydrogen-bond donors (Lipinski definition) is 0. The molecule has 0 aromatic rings. The van der Waals surface area contributed by atoms with Gasteiger partial charge in [-0.25, -0.2) is 0 Å². The second kappa shape index (κ2) is 57.2. The van der Waals surface area contributed by atoms with Crippen molar-refractivity contribution in [1.82, 2.24) is 0 Å². The molecule has 0 fully saturated rings. The molecule has 0 heterocycles. The van der Waals surface area contributed by atoms with E-state index in [0.717, 1.165) is 128 Å². The number of allylic oxidation sites excluding steroid dienone is 14. The Bertz CT molecular complexity index is 1330. The Morgan fingerprint density at radius 1 is 0.304 bits per heavy atom. The lowest BCUT2D eigenvalue weighted by Crippen LogP contribution is -2.30. The zero-order chi connectivity index (χ0) is 50.0. The summed E-state index contributed by atoms with van der Waals surface area (Å²) < 4.78 is 16.9. The molecule has 0 aromatic carbocycles. The third-order valence-corrected chi connectivity index (χ3v) is 12.4. The normalized spacial score (nSPS) is 12.7. The molecule has 0 aromatic heterocycles. The van der Waals surface area contributed by atoms with Gasteiger partial charge < -0.3 is 14.2 Å². The van der Waals surface area contributed by atoms with Gasteiger partial charge >= 0.3 is 17.9 Å². The van der Waals surface area contributed by atoms with Gasteiger partial charge in [-0.3, -0.25) is 14.4 Å².